The molecule has 0 aliphatic rings. The average Bonchev–Trinajstić information content (AvgIpc) is 3.35. The Balaban J connectivity index is 0.000000308. The molecule has 0 spiro atoms. The summed E-state index contributed by atoms with van der Waals surface area (Å²) in [4.78, 5) is 7.52. The highest BCUT2D eigenvalue weighted by atomic mass is 19.1. The van der Waals surface area contributed by atoms with Crippen LogP contribution in [0.5, 0.6) is 0 Å². The fourth-order valence-electron chi connectivity index (χ4n) is 3.85. The summed E-state index contributed by atoms with van der Waals surface area (Å²) in [5, 5.41) is 3.50. The van der Waals surface area contributed by atoms with E-state index in [0.717, 1.165) is 34.5 Å². The molecule has 0 aliphatic carbocycles. The molecule has 4 nitrogen and oxygen atoms in total. The summed E-state index contributed by atoms with van der Waals surface area (Å²) in [6.07, 6.45) is 5.57. The second-order valence-corrected chi connectivity index (χ2v) is 8.08. The number of nitrogens with one attached hydrogen (secondary N) is 2. The highest BCUT2D eigenvalue weighted by molar-refractivity contribution is 5.85. The first kappa shape index (κ1) is 24.1. The Bertz CT molecular complexity index is 1290. The SMILES string of the molecule is Fc1ccc(-c2c[nH]c(CNCc3ccccc3)c2-c2ccncc2)cc1.NCc1ccccc1. The lowest BCUT2D eigenvalue weighted by Crippen LogP contribution is -2.13. The largest absolute Gasteiger partial charge is 0.363 e. The minimum atomic E-state index is -0.232. The van der Waals surface area contributed by atoms with Gasteiger partial charge in [-0.25, -0.2) is 4.39 Å². The van der Waals surface area contributed by atoms with Crippen molar-refractivity contribution in [3.63, 3.8) is 0 Å². The molecule has 0 aliphatic heterocycles. The van der Waals surface area contributed by atoms with Crippen LogP contribution in [-0.2, 0) is 19.6 Å². The van der Waals surface area contributed by atoms with Crippen LogP contribution in [0.1, 0.15) is 16.8 Å². The zero-order chi connectivity index (χ0) is 24.3. The fraction of sp³-hybridized carbons (Fsp3) is 0.100. The summed E-state index contributed by atoms with van der Waals surface area (Å²) in [5.41, 5.74) is 13.1. The van der Waals surface area contributed by atoms with Crippen LogP contribution in [0.4, 0.5) is 4.39 Å². The topological polar surface area (TPSA) is 66.7 Å². The van der Waals surface area contributed by atoms with Crippen LogP contribution in [-0.4, -0.2) is 9.97 Å². The van der Waals surface area contributed by atoms with Crippen molar-refractivity contribution in [1.29, 1.82) is 0 Å². The minimum Gasteiger partial charge on any atom is -0.363 e. The van der Waals surface area contributed by atoms with Gasteiger partial charge in [-0.3, -0.25) is 4.98 Å². The number of rotatable bonds is 7. The molecule has 0 fully saturated rings. The molecule has 176 valence electrons. The Kier molecular flexibility index (Phi) is 8.54. The lowest BCUT2D eigenvalue weighted by molar-refractivity contribution is 0.628. The van der Waals surface area contributed by atoms with Crippen molar-refractivity contribution in [3.05, 3.63) is 138 Å². The Morgan fingerprint density at radius 1 is 0.714 bits per heavy atom. The van der Waals surface area contributed by atoms with E-state index in [2.05, 4.69) is 27.4 Å². The third-order valence-electron chi connectivity index (χ3n) is 5.64. The van der Waals surface area contributed by atoms with Gasteiger partial charge < -0.3 is 16.0 Å². The Hall–Kier alpha value is -4.06. The monoisotopic (exact) mass is 464 g/mol. The molecule has 0 amide bonds. The van der Waals surface area contributed by atoms with Crippen LogP contribution in [0.2, 0.25) is 0 Å². The number of nitrogens with two attached hydrogens (primary N) is 1. The third kappa shape index (κ3) is 6.73. The molecule has 2 heterocycles. The van der Waals surface area contributed by atoms with Gasteiger partial charge in [0.2, 0.25) is 0 Å². The zero-order valence-electron chi connectivity index (χ0n) is 19.5. The highest BCUT2D eigenvalue weighted by Gasteiger charge is 2.15. The van der Waals surface area contributed by atoms with Gasteiger partial charge in [-0.2, -0.15) is 0 Å². The summed E-state index contributed by atoms with van der Waals surface area (Å²) in [6.45, 7) is 2.14. The molecule has 3 aromatic carbocycles. The first-order chi connectivity index (χ1) is 17.2. The predicted molar refractivity (Wildman–Crippen MR) is 141 cm³/mol. The normalized spacial score (nSPS) is 10.5. The van der Waals surface area contributed by atoms with Crippen molar-refractivity contribution in [2.24, 2.45) is 5.73 Å². The molecule has 5 rings (SSSR count). The van der Waals surface area contributed by atoms with Gasteiger partial charge in [-0.1, -0.05) is 72.8 Å². The molecule has 35 heavy (non-hydrogen) atoms. The standard InChI is InChI=1S/C23H20FN3.C7H9N/c24-20-8-6-18(7-9-20)21-15-27-22(23(21)19-10-12-25-13-11-19)16-26-14-17-4-2-1-3-5-17;8-6-7-4-2-1-3-5-7/h1-13,15,26-27H,14,16H2;1-5H,6,8H2. The fourth-order valence-corrected chi connectivity index (χ4v) is 3.85. The second kappa shape index (κ2) is 12.4. The maximum Gasteiger partial charge on any atom is 0.123 e. The van der Waals surface area contributed by atoms with E-state index in [1.807, 2.05) is 79.0 Å². The lowest BCUT2D eigenvalue weighted by atomic mass is 9.97. The van der Waals surface area contributed by atoms with Crippen LogP contribution in [0.3, 0.4) is 0 Å². The van der Waals surface area contributed by atoms with E-state index in [1.54, 1.807) is 12.4 Å². The number of hydrogen-bond donors (Lipinski definition) is 3. The van der Waals surface area contributed by atoms with Gasteiger partial charge in [0.15, 0.2) is 0 Å². The summed E-state index contributed by atoms with van der Waals surface area (Å²) in [6, 6.07) is 30.9. The molecule has 5 aromatic rings. The number of aromatic amines is 1. The molecular formula is C30H29FN4. The van der Waals surface area contributed by atoms with E-state index in [-0.39, 0.29) is 5.82 Å². The number of H-pyrrole nitrogens is 1. The van der Waals surface area contributed by atoms with Gasteiger partial charge >= 0.3 is 0 Å². The molecule has 2 aromatic heterocycles. The molecule has 0 atom stereocenters. The van der Waals surface area contributed by atoms with Gasteiger partial charge in [-0.05, 0) is 46.5 Å². The van der Waals surface area contributed by atoms with Crippen molar-refractivity contribution < 1.29 is 4.39 Å². The molecule has 0 saturated heterocycles. The maximum absolute atomic E-state index is 13.3. The van der Waals surface area contributed by atoms with Crippen LogP contribution in [0.15, 0.2) is 116 Å². The van der Waals surface area contributed by atoms with Crippen LogP contribution < -0.4 is 11.1 Å². The Labute approximate surface area is 205 Å². The molecule has 0 saturated carbocycles. The number of aromatic nitrogens is 2. The van der Waals surface area contributed by atoms with Gasteiger partial charge in [-0.15, -0.1) is 0 Å². The number of nitrogens with zero attached hydrogens (tertiary/aromatic N) is 1. The Morgan fingerprint density at radius 3 is 1.94 bits per heavy atom. The first-order valence-corrected chi connectivity index (χ1v) is 11.6. The van der Waals surface area contributed by atoms with Crippen molar-refractivity contribution in [2.45, 2.75) is 19.6 Å². The number of benzene rings is 3. The number of hydrogen-bond acceptors (Lipinski definition) is 3. The van der Waals surface area contributed by atoms with E-state index < -0.39 is 0 Å². The predicted octanol–water partition coefficient (Wildman–Crippen LogP) is 6.32. The molecule has 0 radical (unpaired) electrons. The van der Waals surface area contributed by atoms with Gasteiger partial charge in [0.05, 0.1) is 0 Å². The smallest absolute Gasteiger partial charge is 0.123 e. The van der Waals surface area contributed by atoms with Gasteiger partial charge in [0.1, 0.15) is 5.82 Å². The second-order valence-electron chi connectivity index (χ2n) is 8.08. The molecule has 5 heteroatoms. The summed E-state index contributed by atoms with van der Waals surface area (Å²) >= 11 is 0. The van der Waals surface area contributed by atoms with E-state index in [0.29, 0.717) is 13.1 Å². The van der Waals surface area contributed by atoms with Crippen molar-refractivity contribution in [3.8, 4) is 22.3 Å². The van der Waals surface area contributed by atoms with Gasteiger partial charge in [0, 0.05) is 55.0 Å². The van der Waals surface area contributed by atoms with Crippen LogP contribution in [0.25, 0.3) is 22.3 Å². The van der Waals surface area contributed by atoms with Crippen LogP contribution >= 0.6 is 0 Å². The summed E-state index contributed by atoms with van der Waals surface area (Å²) in [7, 11) is 0. The van der Waals surface area contributed by atoms with E-state index >= 15 is 0 Å². The summed E-state index contributed by atoms with van der Waals surface area (Å²) < 4.78 is 13.3. The zero-order valence-corrected chi connectivity index (χ0v) is 19.5. The maximum atomic E-state index is 13.3. The number of pyridine rings is 1. The van der Waals surface area contributed by atoms with E-state index in [1.165, 1.54) is 23.3 Å². The van der Waals surface area contributed by atoms with Crippen molar-refractivity contribution in [2.75, 3.05) is 0 Å². The lowest BCUT2D eigenvalue weighted by Gasteiger charge is -2.10. The highest BCUT2D eigenvalue weighted by Crippen LogP contribution is 2.35. The quantitative estimate of drug-likeness (QED) is 0.264. The van der Waals surface area contributed by atoms with E-state index in [9.17, 15) is 4.39 Å². The van der Waals surface area contributed by atoms with Crippen molar-refractivity contribution >= 4 is 0 Å². The molecule has 4 N–H and O–H groups in total. The minimum absolute atomic E-state index is 0.232. The van der Waals surface area contributed by atoms with Crippen LogP contribution in [0, 0.1) is 5.82 Å². The Morgan fingerprint density at radius 2 is 1.34 bits per heavy atom. The first-order valence-electron chi connectivity index (χ1n) is 11.6. The average molecular weight is 465 g/mol. The van der Waals surface area contributed by atoms with Gasteiger partial charge in [0.25, 0.3) is 0 Å². The molecule has 0 unspecified atom stereocenters. The molecular weight excluding hydrogens is 435 g/mol. The summed E-state index contributed by atoms with van der Waals surface area (Å²) in [5.74, 6) is -0.232. The van der Waals surface area contributed by atoms with E-state index in [4.69, 9.17) is 5.73 Å². The molecule has 0 bridgehead atoms. The third-order valence-corrected chi connectivity index (χ3v) is 5.64. The number of halogens is 1. The van der Waals surface area contributed by atoms with Crippen molar-refractivity contribution in [1.82, 2.24) is 15.3 Å².